The van der Waals surface area contributed by atoms with Crippen molar-refractivity contribution in [3.8, 4) is 0 Å². The molecule has 142 valence electrons. The van der Waals surface area contributed by atoms with Gasteiger partial charge < -0.3 is 4.90 Å². The largest absolute Gasteiger partial charge is 0.339 e. The maximum Gasteiger partial charge on any atom is 0.233 e. The number of aromatic nitrogens is 3. The van der Waals surface area contributed by atoms with Crippen molar-refractivity contribution in [2.24, 2.45) is 0 Å². The van der Waals surface area contributed by atoms with Gasteiger partial charge in [0.1, 0.15) is 0 Å². The molecule has 4 rings (SSSR count). The highest BCUT2D eigenvalue weighted by Crippen LogP contribution is 2.29. The van der Waals surface area contributed by atoms with Crippen LogP contribution in [-0.2, 0) is 4.79 Å². The highest BCUT2D eigenvalue weighted by atomic mass is 32.2. The van der Waals surface area contributed by atoms with Gasteiger partial charge in [0.25, 0.3) is 0 Å². The first-order valence-corrected chi connectivity index (χ1v) is 10.6. The van der Waals surface area contributed by atoms with Gasteiger partial charge in [0.2, 0.25) is 5.91 Å². The number of hydrogen-bond donors (Lipinski definition) is 0. The van der Waals surface area contributed by atoms with Crippen molar-refractivity contribution in [1.29, 1.82) is 0 Å². The molecule has 1 fully saturated rings. The first kappa shape index (κ1) is 18.3. The molecule has 1 aromatic carbocycles. The molecule has 0 radical (unpaired) electrons. The molecule has 0 aliphatic carbocycles. The number of carbonyl (C=O) groups excluding carboxylic acids is 1. The quantitative estimate of drug-likeness (QED) is 0.634. The van der Waals surface area contributed by atoms with E-state index >= 15 is 0 Å². The maximum absolute atomic E-state index is 12.7. The Balaban J connectivity index is 1.69. The Morgan fingerprint density at radius 3 is 2.74 bits per heavy atom. The van der Waals surface area contributed by atoms with Crippen LogP contribution >= 0.6 is 11.8 Å². The van der Waals surface area contributed by atoms with Crippen molar-refractivity contribution in [3.05, 3.63) is 34.9 Å². The lowest BCUT2D eigenvalue weighted by Crippen LogP contribution is -2.42. The lowest BCUT2D eigenvalue weighted by atomic mass is 10.0. The van der Waals surface area contributed by atoms with Crippen LogP contribution in [0.3, 0.4) is 0 Å². The molecule has 0 spiro atoms. The van der Waals surface area contributed by atoms with E-state index in [-0.39, 0.29) is 5.91 Å². The maximum atomic E-state index is 12.7. The first-order chi connectivity index (χ1) is 13.0. The summed E-state index contributed by atoms with van der Waals surface area (Å²) in [5.74, 6) is 0.610. The number of piperidine rings is 1. The monoisotopic (exact) mass is 382 g/mol. The zero-order chi connectivity index (χ0) is 19.1. The van der Waals surface area contributed by atoms with Crippen LogP contribution in [0, 0.1) is 20.8 Å². The van der Waals surface area contributed by atoms with Gasteiger partial charge in [0.15, 0.2) is 10.8 Å². The predicted octanol–water partition coefficient (Wildman–Crippen LogP) is 4.30. The molecular formula is C21H26N4OS. The lowest BCUT2D eigenvalue weighted by Gasteiger charge is -2.33. The minimum absolute atomic E-state index is 0.202. The SMILES string of the molecule is Cc1cc(C)c2cc(C)c3nnc(SCC(=O)N4CCCC[C@@H]4C)n3c2c1. The summed E-state index contributed by atoms with van der Waals surface area (Å²) in [6.07, 6.45) is 3.43. The molecule has 0 saturated carbocycles. The fraction of sp³-hybridized carbons (Fsp3) is 0.476. The number of aryl methyl sites for hydroxylation is 3. The summed E-state index contributed by atoms with van der Waals surface area (Å²) < 4.78 is 2.11. The third kappa shape index (κ3) is 3.31. The van der Waals surface area contributed by atoms with Gasteiger partial charge in [-0.15, -0.1) is 10.2 Å². The number of fused-ring (bicyclic) bond motifs is 3. The molecule has 2 aromatic heterocycles. The number of likely N-dealkylation sites (tertiary alicyclic amines) is 1. The number of thioether (sulfide) groups is 1. The van der Waals surface area contributed by atoms with E-state index in [1.807, 2.05) is 4.90 Å². The summed E-state index contributed by atoms with van der Waals surface area (Å²) in [5, 5.41) is 10.8. The molecule has 0 N–H and O–H groups in total. The van der Waals surface area contributed by atoms with Gasteiger partial charge in [0.05, 0.1) is 11.3 Å². The molecule has 1 saturated heterocycles. The van der Waals surface area contributed by atoms with Crippen molar-refractivity contribution in [2.75, 3.05) is 12.3 Å². The predicted molar refractivity (Wildman–Crippen MR) is 110 cm³/mol. The van der Waals surface area contributed by atoms with Crippen LogP contribution in [0.4, 0.5) is 0 Å². The van der Waals surface area contributed by atoms with Crippen LogP contribution in [0.1, 0.15) is 42.9 Å². The molecule has 0 bridgehead atoms. The minimum Gasteiger partial charge on any atom is -0.339 e. The molecule has 5 nitrogen and oxygen atoms in total. The van der Waals surface area contributed by atoms with E-state index in [9.17, 15) is 4.79 Å². The third-order valence-corrected chi connectivity index (χ3v) is 6.46. The van der Waals surface area contributed by atoms with E-state index in [1.54, 1.807) is 0 Å². The molecule has 1 atom stereocenters. The van der Waals surface area contributed by atoms with E-state index < -0.39 is 0 Å². The third-order valence-electron chi connectivity index (χ3n) is 5.55. The van der Waals surface area contributed by atoms with Crippen molar-refractivity contribution in [2.45, 2.75) is 58.2 Å². The molecule has 3 aromatic rings. The zero-order valence-corrected chi connectivity index (χ0v) is 17.3. The second-order valence-corrected chi connectivity index (χ2v) is 8.65. The van der Waals surface area contributed by atoms with Crippen molar-refractivity contribution in [1.82, 2.24) is 19.5 Å². The lowest BCUT2D eigenvalue weighted by molar-refractivity contribution is -0.131. The van der Waals surface area contributed by atoms with E-state index in [4.69, 9.17) is 0 Å². The first-order valence-electron chi connectivity index (χ1n) is 9.63. The average Bonchev–Trinajstić information content (AvgIpc) is 3.06. The smallest absolute Gasteiger partial charge is 0.233 e. The van der Waals surface area contributed by atoms with Gasteiger partial charge in [0, 0.05) is 18.0 Å². The molecule has 6 heteroatoms. The Hall–Kier alpha value is -2.08. The fourth-order valence-corrected chi connectivity index (χ4v) is 4.95. The molecule has 0 unspecified atom stereocenters. The second-order valence-electron chi connectivity index (χ2n) is 7.70. The topological polar surface area (TPSA) is 50.5 Å². The van der Waals surface area contributed by atoms with Crippen molar-refractivity contribution in [3.63, 3.8) is 0 Å². The summed E-state index contributed by atoms with van der Waals surface area (Å²) in [5.41, 5.74) is 5.55. The van der Waals surface area contributed by atoms with Crippen LogP contribution in [0.25, 0.3) is 16.6 Å². The summed E-state index contributed by atoms with van der Waals surface area (Å²) >= 11 is 1.49. The van der Waals surface area contributed by atoms with Crippen LogP contribution in [0.5, 0.6) is 0 Å². The highest BCUT2D eigenvalue weighted by molar-refractivity contribution is 7.99. The molecule has 1 amide bonds. The molecule has 1 aliphatic rings. The van der Waals surface area contributed by atoms with Gasteiger partial charge >= 0.3 is 0 Å². The summed E-state index contributed by atoms with van der Waals surface area (Å²) in [6.45, 7) is 9.34. The zero-order valence-electron chi connectivity index (χ0n) is 16.5. The molecule has 3 heterocycles. The number of hydrogen-bond acceptors (Lipinski definition) is 4. The van der Waals surface area contributed by atoms with E-state index in [2.05, 4.69) is 60.5 Å². The van der Waals surface area contributed by atoms with E-state index in [0.29, 0.717) is 11.8 Å². The van der Waals surface area contributed by atoms with Gasteiger partial charge in [-0.25, -0.2) is 0 Å². The summed E-state index contributed by atoms with van der Waals surface area (Å²) in [7, 11) is 0. The van der Waals surface area contributed by atoms with E-state index in [1.165, 1.54) is 34.7 Å². The standard InChI is InChI=1S/C21H26N4OS/c1-13-9-14(2)17-11-15(3)20-22-23-21(25(20)18(17)10-13)27-12-19(26)24-8-6-5-7-16(24)4/h9-11,16H,5-8,12H2,1-4H3/t16-/m0/s1. The average molecular weight is 383 g/mol. The van der Waals surface area contributed by atoms with Crippen molar-refractivity contribution >= 4 is 34.2 Å². The van der Waals surface area contributed by atoms with Crippen LogP contribution in [0.2, 0.25) is 0 Å². The second kappa shape index (κ2) is 7.15. The van der Waals surface area contributed by atoms with Gasteiger partial charge in [-0.05, 0) is 75.8 Å². The Kier molecular flexibility index (Phi) is 4.84. The highest BCUT2D eigenvalue weighted by Gasteiger charge is 2.24. The Morgan fingerprint density at radius 1 is 1.15 bits per heavy atom. The molecule has 27 heavy (non-hydrogen) atoms. The fourth-order valence-electron chi connectivity index (χ4n) is 4.12. The van der Waals surface area contributed by atoms with Crippen molar-refractivity contribution < 1.29 is 4.79 Å². The number of carbonyl (C=O) groups is 1. The molecule has 1 aliphatic heterocycles. The molecular weight excluding hydrogens is 356 g/mol. The number of pyridine rings is 1. The summed E-state index contributed by atoms with van der Waals surface area (Å²) in [4.78, 5) is 14.8. The van der Waals surface area contributed by atoms with Gasteiger partial charge in [-0.1, -0.05) is 17.8 Å². The van der Waals surface area contributed by atoms with Crippen LogP contribution < -0.4 is 0 Å². The Morgan fingerprint density at radius 2 is 1.96 bits per heavy atom. The number of amides is 1. The normalized spacial score (nSPS) is 17.8. The Bertz CT molecular complexity index is 1030. The number of nitrogens with zero attached hydrogens (tertiary/aromatic N) is 4. The van der Waals surface area contributed by atoms with E-state index in [0.717, 1.165) is 41.3 Å². The van der Waals surface area contributed by atoms with Gasteiger partial charge in [-0.2, -0.15) is 0 Å². The number of rotatable bonds is 3. The van der Waals surface area contributed by atoms with Crippen LogP contribution in [-0.4, -0.2) is 43.7 Å². The number of benzene rings is 1. The Labute approximate surface area is 164 Å². The van der Waals surface area contributed by atoms with Gasteiger partial charge in [-0.3, -0.25) is 9.20 Å². The minimum atomic E-state index is 0.202. The summed E-state index contributed by atoms with van der Waals surface area (Å²) in [6, 6.07) is 6.90. The van der Waals surface area contributed by atoms with Crippen LogP contribution in [0.15, 0.2) is 23.4 Å².